The van der Waals surface area contributed by atoms with Gasteiger partial charge in [0.05, 0.1) is 4.92 Å². The number of carboxylic acids is 1. The third-order valence-electron chi connectivity index (χ3n) is 3.07. The summed E-state index contributed by atoms with van der Waals surface area (Å²) in [4.78, 5) is 26.6. The zero-order valence-corrected chi connectivity index (χ0v) is 11.8. The Labute approximate surface area is 116 Å². The van der Waals surface area contributed by atoms with Crippen LogP contribution in [0.15, 0.2) is 12.3 Å². The Hall–Kier alpha value is -2.22. The minimum Gasteiger partial charge on any atom is -0.477 e. The molecule has 1 N–H and O–H groups in total. The first-order valence-electron chi connectivity index (χ1n) is 5.83. The number of aromatic carboxylic acids is 1. The lowest BCUT2D eigenvalue weighted by Gasteiger charge is -2.31. The second kappa shape index (κ2) is 5.83. The Morgan fingerprint density at radius 3 is 2.60 bits per heavy atom. The number of nitrogens with zero attached hydrogens (tertiary/aromatic N) is 3. The maximum atomic E-state index is 11.0. The van der Waals surface area contributed by atoms with Crippen LogP contribution in [0.4, 0.5) is 5.69 Å². The van der Waals surface area contributed by atoms with Crippen molar-refractivity contribution < 1.29 is 19.6 Å². The van der Waals surface area contributed by atoms with Gasteiger partial charge >= 0.3 is 11.7 Å². The van der Waals surface area contributed by atoms with Gasteiger partial charge in [0.1, 0.15) is 18.4 Å². The van der Waals surface area contributed by atoms with Crippen LogP contribution in [0.1, 0.15) is 24.2 Å². The number of hydrogen-bond acceptors (Lipinski definition) is 6. The standard InChI is InChI=1S/C12H17N3O5/c1-12(2,14(3)4)7-20-10-5-8(11(16)17)9(6-13-10)15(18)19/h5-6H,7H2,1-4H3,(H,16,17). The first-order valence-corrected chi connectivity index (χ1v) is 5.83. The van der Waals surface area contributed by atoms with Crippen molar-refractivity contribution in [3.05, 3.63) is 27.9 Å². The average molecular weight is 283 g/mol. The highest BCUT2D eigenvalue weighted by Crippen LogP contribution is 2.22. The van der Waals surface area contributed by atoms with Gasteiger partial charge in [-0.1, -0.05) is 0 Å². The first kappa shape index (κ1) is 15.8. The Bertz CT molecular complexity index is 528. The molecule has 0 fully saturated rings. The average Bonchev–Trinajstić information content (AvgIpc) is 2.35. The van der Waals surface area contributed by atoms with Crippen molar-refractivity contribution in [1.29, 1.82) is 0 Å². The molecule has 0 bridgehead atoms. The quantitative estimate of drug-likeness (QED) is 0.621. The summed E-state index contributed by atoms with van der Waals surface area (Å²) in [6, 6.07) is 1.06. The highest BCUT2D eigenvalue weighted by atomic mass is 16.6. The van der Waals surface area contributed by atoms with Gasteiger partial charge in [0, 0.05) is 11.6 Å². The fourth-order valence-corrected chi connectivity index (χ4v) is 1.20. The van der Waals surface area contributed by atoms with Crippen LogP contribution in [0.5, 0.6) is 5.88 Å². The molecule has 0 unspecified atom stereocenters. The van der Waals surface area contributed by atoms with Gasteiger partial charge in [-0.2, -0.15) is 0 Å². The molecule has 1 rings (SSSR count). The molecule has 8 heteroatoms. The fraction of sp³-hybridized carbons (Fsp3) is 0.500. The van der Waals surface area contributed by atoms with E-state index in [2.05, 4.69) is 4.98 Å². The normalized spacial score (nSPS) is 11.4. The minimum absolute atomic E-state index is 0.0444. The molecule has 110 valence electrons. The summed E-state index contributed by atoms with van der Waals surface area (Å²) in [5.41, 5.74) is -1.29. The molecule has 1 aromatic rings. The Balaban J connectivity index is 2.96. The molecule has 0 aliphatic heterocycles. The molecule has 0 spiro atoms. The fourth-order valence-electron chi connectivity index (χ4n) is 1.20. The third kappa shape index (κ3) is 3.64. The van der Waals surface area contributed by atoms with Gasteiger partial charge in [-0.05, 0) is 27.9 Å². The van der Waals surface area contributed by atoms with Crippen molar-refractivity contribution in [1.82, 2.24) is 9.88 Å². The van der Waals surface area contributed by atoms with E-state index in [0.29, 0.717) is 0 Å². The Morgan fingerprint density at radius 2 is 2.15 bits per heavy atom. The van der Waals surface area contributed by atoms with Gasteiger partial charge in [-0.3, -0.25) is 10.1 Å². The van der Waals surface area contributed by atoms with E-state index < -0.39 is 22.1 Å². The summed E-state index contributed by atoms with van der Waals surface area (Å²) in [7, 11) is 3.77. The van der Waals surface area contributed by atoms with Crippen molar-refractivity contribution in [2.75, 3.05) is 20.7 Å². The topological polar surface area (TPSA) is 106 Å². The van der Waals surface area contributed by atoms with Crippen molar-refractivity contribution in [3.8, 4) is 5.88 Å². The van der Waals surface area contributed by atoms with E-state index in [0.717, 1.165) is 12.3 Å². The van der Waals surface area contributed by atoms with E-state index >= 15 is 0 Å². The lowest BCUT2D eigenvalue weighted by Crippen LogP contribution is -2.43. The molecule has 0 aliphatic carbocycles. The van der Waals surface area contributed by atoms with Crippen LogP contribution in [0.25, 0.3) is 0 Å². The summed E-state index contributed by atoms with van der Waals surface area (Å²) >= 11 is 0. The molecular formula is C12H17N3O5. The van der Waals surface area contributed by atoms with Gasteiger partial charge in [-0.25, -0.2) is 9.78 Å². The number of aromatic nitrogens is 1. The van der Waals surface area contributed by atoms with Crippen LogP contribution in [0, 0.1) is 10.1 Å². The van der Waals surface area contributed by atoms with E-state index in [4.69, 9.17) is 9.84 Å². The summed E-state index contributed by atoms with van der Waals surface area (Å²) < 4.78 is 5.42. The molecule has 8 nitrogen and oxygen atoms in total. The van der Waals surface area contributed by atoms with Gasteiger partial charge in [0.15, 0.2) is 0 Å². The molecule has 1 aromatic heterocycles. The largest absolute Gasteiger partial charge is 0.477 e. The number of rotatable bonds is 6. The number of carbonyl (C=O) groups is 1. The zero-order valence-electron chi connectivity index (χ0n) is 11.8. The molecule has 1 heterocycles. The molecule has 0 atom stereocenters. The molecule has 0 amide bonds. The molecular weight excluding hydrogens is 266 g/mol. The van der Waals surface area contributed by atoms with E-state index in [9.17, 15) is 14.9 Å². The summed E-state index contributed by atoms with van der Waals surface area (Å²) in [6.45, 7) is 4.15. The number of nitro groups is 1. The summed E-state index contributed by atoms with van der Waals surface area (Å²) in [6.07, 6.45) is 0.890. The predicted molar refractivity (Wildman–Crippen MR) is 71.1 cm³/mol. The van der Waals surface area contributed by atoms with E-state index in [1.54, 1.807) is 0 Å². The van der Waals surface area contributed by atoms with Crippen LogP contribution < -0.4 is 4.74 Å². The van der Waals surface area contributed by atoms with E-state index in [1.165, 1.54) is 0 Å². The molecule has 0 aliphatic rings. The highest BCUT2D eigenvalue weighted by Gasteiger charge is 2.24. The molecule has 20 heavy (non-hydrogen) atoms. The van der Waals surface area contributed by atoms with Crippen molar-refractivity contribution in [2.24, 2.45) is 0 Å². The van der Waals surface area contributed by atoms with Crippen molar-refractivity contribution in [2.45, 2.75) is 19.4 Å². The molecule has 0 saturated carbocycles. The maximum absolute atomic E-state index is 11.0. The summed E-state index contributed by atoms with van der Waals surface area (Å²) in [5.74, 6) is -1.35. The van der Waals surface area contributed by atoms with Gasteiger partial charge in [0.25, 0.3) is 0 Å². The smallest absolute Gasteiger partial charge is 0.342 e. The number of likely N-dealkylation sites (N-methyl/N-ethyl adjacent to an activating group) is 1. The number of pyridine rings is 1. The second-order valence-corrected chi connectivity index (χ2v) is 5.10. The summed E-state index contributed by atoms with van der Waals surface area (Å²) in [5, 5.41) is 19.7. The van der Waals surface area contributed by atoms with Crippen LogP contribution >= 0.6 is 0 Å². The van der Waals surface area contributed by atoms with E-state index in [-0.39, 0.29) is 18.0 Å². The lowest BCUT2D eigenvalue weighted by atomic mass is 10.1. The molecule has 0 saturated heterocycles. The minimum atomic E-state index is -1.39. The van der Waals surface area contributed by atoms with Crippen LogP contribution in [0.2, 0.25) is 0 Å². The van der Waals surface area contributed by atoms with E-state index in [1.807, 2.05) is 32.8 Å². The SMILES string of the molecule is CN(C)C(C)(C)COc1cc(C(=O)O)c([N+](=O)[O-])cn1. The number of hydrogen-bond donors (Lipinski definition) is 1. The van der Waals surface area contributed by atoms with Crippen LogP contribution in [-0.4, -0.2) is 52.1 Å². The van der Waals surface area contributed by atoms with Crippen LogP contribution in [0.3, 0.4) is 0 Å². The van der Waals surface area contributed by atoms with Gasteiger partial charge in [-0.15, -0.1) is 0 Å². The lowest BCUT2D eigenvalue weighted by molar-refractivity contribution is -0.385. The molecule has 0 radical (unpaired) electrons. The molecule has 0 aromatic carbocycles. The zero-order chi connectivity index (χ0) is 15.5. The van der Waals surface area contributed by atoms with Crippen molar-refractivity contribution in [3.63, 3.8) is 0 Å². The number of ether oxygens (including phenoxy) is 1. The highest BCUT2D eigenvalue weighted by molar-refractivity contribution is 5.92. The Kier molecular flexibility index (Phi) is 4.61. The van der Waals surface area contributed by atoms with Gasteiger partial charge < -0.3 is 14.7 Å². The third-order valence-corrected chi connectivity index (χ3v) is 3.07. The van der Waals surface area contributed by atoms with Crippen molar-refractivity contribution >= 4 is 11.7 Å². The number of carboxylic acid groups (broad SMARTS) is 1. The predicted octanol–water partition coefficient (Wildman–Crippen LogP) is 1.41. The monoisotopic (exact) mass is 283 g/mol. The second-order valence-electron chi connectivity index (χ2n) is 5.10. The Morgan fingerprint density at radius 1 is 1.55 bits per heavy atom. The maximum Gasteiger partial charge on any atom is 0.342 e. The first-order chi connectivity index (χ1) is 9.15. The van der Waals surface area contributed by atoms with Gasteiger partial charge in [0.2, 0.25) is 5.88 Å². The van der Waals surface area contributed by atoms with Crippen LogP contribution in [-0.2, 0) is 0 Å².